The van der Waals surface area contributed by atoms with Crippen molar-refractivity contribution < 1.29 is 44.0 Å². The summed E-state index contributed by atoms with van der Waals surface area (Å²) in [6, 6.07) is -0.726. The van der Waals surface area contributed by atoms with Crippen molar-refractivity contribution >= 4 is 23.4 Å². The molecule has 0 aromatic carbocycles. The zero-order valence-corrected chi connectivity index (χ0v) is 25.4. The first kappa shape index (κ1) is 36.1. The number of aliphatic hydroxyl groups excluding tert-OH is 3. The lowest BCUT2D eigenvalue weighted by Gasteiger charge is -2.39. The van der Waals surface area contributed by atoms with Crippen LogP contribution in [0.15, 0.2) is 0 Å². The standard InChI is InChI=1S/C29H52N2O9/c1-16(2)10-9-11-22(34)31-23(17(3)4)19(32)14-18(27(38)29(5,6)7)12-13-21(33)30-15-20-24(35)25(36)26(37)28(39-8)40-20/h16-18,20,23-26,28,35-37H,9-15H2,1-8H3,(H,30,33)(H,31,34)/t18-,20-,23+,24-,25+,26-,28-/m1/s1. The van der Waals surface area contributed by atoms with E-state index in [2.05, 4.69) is 24.5 Å². The zero-order valence-electron chi connectivity index (χ0n) is 25.4. The minimum Gasteiger partial charge on any atom is -0.388 e. The maximum atomic E-state index is 13.3. The highest BCUT2D eigenvalue weighted by Crippen LogP contribution is 2.27. The Labute approximate surface area is 238 Å². The summed E-state index contributed by atoms with van der Waals surface area (Å²) < 4.78 is 10.4. The van der Waals surface area contributed by atoms with Crippen molar-refractivity contribution in [3.8, 4) is 0 Å². The van der Waals surface area contributed by atoms with Crippen molar-refractivity contribution in [3.05, 3.63) is 0 Å². The van der Waals surface area contributed by atoms with Crippen LogP contribution in [0.25, 0.3) is 0 Å². The fourth-order valence-corrected chi connectivity index (χ4v) is 4.73. The van der Waals surface area contributed by atoms with Gasteiger partial charge in [-0.25, -0.2) is 0 Å². The van der Waals surface area contributed by atoms with E-state index in [9.17, 15) is 34.5 Å². The maximum Gasteiger partial charge on any atom is 0.220 e. The Morgan fingerprint density at radius 1 is 0.900 bits per heavy atom. The van der Waals surface area contributed by atoms with E-state index in [0.29, 0.717) is 12.3 Å². The molecule has 11 heteroatoms. The molecule has 1 rings (SSSR count). The van der Waals surface area contributed by atoms with Gasteiger partial charge in [0, 0.05) is 44.2 Å². The number of methoxy groups -OCH3 is 1. The van der Waals surface area contributed by atoms with E-state index < -0.39 is 54.0 Å². The fraction of sp³-hybridized carbons (Fsp3) is 0.862. The molecule has 0 aromatic rings. The molecule has 0 saturated carbocycles. The highest BCUT2D eigenvalue weighted by molar-refractivity contribution is 5.94. The Kier molecular flexibility index (Phi) is 14.9. The number of carbonyl (C=O) groups excluding carboxylic acids is 4. The smallest absolute Gasteiger partial charge is 0.220 e. The molecule has 0 aliphatic carbocycles. The van der Waals surface area contributed by atoms with Gasteiger partial charge in [-0.3, -0.25) is 19.2 Å². The second-order valence-electron chi connectivity index (χ2n) is 12.7. The molecule has 7 atom stereocenters. The predicted octanol–water partition coefficient (Wildman–Crippen LogP) is 1.49. The molecular formula is C29H52N2O9. The number of carbonyl (C=O) groups is 4. The molecule has 0 unspecified atom stereocenters. The molecule has 0 spiro atoms. The van der Waals surface area contributed by atoms with Crippen molar-refractivity contribution in [1.82, 2.24) is 10.6 Å². The summed E-state index contributed by atoms with van der Waals surface area (Å²) in [5.41, 5.74) is -0.735. The average Bonchev–Trinajstić information content (AvgIpc) is 2.86. The number of ether oxygens (including phenoxy) is 2. The normalized spacial score (nSPS) is 25.0. The Morgan fingerprint density at radius 3 is 2.05 bits per heavy atom. The van der Waals surface area contributed by atoms with Crippen molar-refractivity contribution in [3.63, 3.8) is 0 Å². The van der Waals surface area contributed by atoms with E-state index in [0.717, 1.165) is 12.8 Å². The highest BCUT2D eigenvalue weighted by Gasteiger charge is 2.44. The van der Waals surface area contributed by atoms with Gasteiger partial charge >= 0.3 is 0 Å². The monoisotopic (exact) mass is 572 g/mol. The first-order chi connectivity index (χ1) is 18.5. The molecule has 0 radical (unpaired) electrons. The molecule has 40 heavy (non-hydrogen) atoms. The van der Waals surface area contributed by atoms with E-state index in [1.54, 1.807) is 20.8 Å². The number of aliphatic hydroxyl groups is 3. The first-order valence-electron chi connectivity index (χ1n) is 14.3. The van der Waals surface area contributed by atoms with Gasteiger partial charge in [-0.15, -0.1) is 0 Å². The number of nitrogens with one attached hydrogen (secondary N) is 2. The lowest BCUT2D eigenvalue weighted by molar-refractivity contribution is -0.288. The molecule has 0 bridgehead atoms. The summed E-state index contributed by atoms with van der Waals surface area (Å²) in [6.45, 7) is 13.0. The largest absolute Gasteiger partial charge is 0.388 e. The van der Waals surface area contributed by atoms with Gasteiger partial charge in [0.2, 0.25) is 11.8 Å². The first-order valence-corrected chi connectivity index (χ1v) is 14.3. The lowest BCUT2D eigenvalue weighted by atomic mass is 9.77. The second-order valence-corrected chi connectivity index (χ2v) is 12.7. The van der Waals surface area contributed by atoms with Crippen LogP contribution in [-0.4, -0.2) is 89.1 Å². The molecular weight excluding hydrogens is 520 g/mol. The van der Waals surface area contributed by atoms with E-state index in [4.69, 9.17) is 9.47 Å². The Hall–Kier alpha value is -1.92. The molecule has 0 aromatic heterocycles. The number of ketones is 2. The van der Waals surface area contributed by atoms with Crippen LogP contribution in [-0.2, 0) is 28.7 Å². The van der Waals surface area contributed by atoms with Crippen LogP contribution in [0.4, 0.5) is 0 Å². The Bertz CT molecular complexity index is 838. The maximum absolute atomic E-state index is 13.3. The van der Waals surface area contributed by atoms with Gasteiger partial charge in [-0.05, 0) is 24.7 Å². The van der Waals surface area contributed by atoms with Gasteiger partial charge in [0.15, 0.2) is 12.1 Å². The summed E-state index contributed by atoms with van der Waals surface area (Å²) in [5, 5.41) is 35.6. The minimum atomic E-state index is -1.51. The number of amides is 2. The molecule has 1 saturated heterocycles. The molecule has 1 aliphatic rings. The lowest BCUT2D eigenvalue weighted by Crippen LogP contribution is -2.60. The summed E-state index contributed by atoms with van der Waals surface area (Å²) >= 11 is 0. The third-order valence-electron chi connectivity index (χ3n) is 7.19. The zero-order chi connectivity index (χ0) is 30.8. The predicted molar refractivity (Wildman–Crippen MR) is 149 cm³/mol. The van der Waals surface area contributed by atoms with E-state index >= 15 is 0 Å². The van der Waals surface area contributed by atoms with Crippen LogP contribution in [0.3, 0.4) is 0 Å². The minimum absolute atomic E-state index is 0.0601. The molecule has 2 amide bonds. The van der Waals surface area contributed by atoms with Crippen LogP contribution in [0.1, 0.15) is 87.0 Å². The molecule has 1 heterocycles. The van der Waals surface area contributed by atoms with Crippen LogP contribution < -0.4 is 10.6 Å². The Morgan fingerprint density at radius 2 is 1.52 bits per heavy atom. The van der Waals surface area contributed by atoms with Crippen molar-refractivity contribution in [2.75, 3.05) is 13.7 Å². The van der Waals surface area contributed by atoms with Crippen molar-refractivity contribution in [1.29, 1.82) is 0 Å². The van der Waals surface area contributed by atoms with Gasteiger partial charge in [0.1, 0.15) is 30.2 Å². The van der Waals surface area contributed by atoms with Crippen LogP contribution in [0.2, 0.25) is 0 Å². The number of Topliss-reactive ketones (excluding diaryl/α,β-unsaturated/α-hetero) is 2. The van der Waals surface area contributed by atoms with Gasteiger partial charge < -0.3 is 35.4 Å². The topological polar surface area (TPSA) is 171 Å². The van der Waals surface area contributed by atoms with E-state index in [1.807, 2.05) is 13.8 Å². The number of hydrogen-bond donors (Lipinski definition) is 5. The van der Waals surface area contributed by atoms with Gasteiger partial charge in [0.25, 0.3) is 0 Å². The summed E-state index contributed by atoms with van der Waals surface area (Å²) in [7, 11) is 1.28. The molecule has 232 valence electrons. The average molecular weight is 573 g/mol. The summed E-state index contributed by atoms with van der Waals surface area (Å²) in [6.07, 6.45) is -4.62. The molecule has 11 nitrogen and oxygen atoms in total. The molecule has 1 aliphatic heterocycles. The highest BCUT2D eigenvalue weighted by atomic mass is 16.7. The third kappa shape index (κ3) is 11.5. The van der Waals surface area contributed by atoms with Gasteiger partial charge in [-0.1, -0.05) is 54.9 Å². The van der Waals surface area contributed by atoms with Crippen molar-refractivity contribution in [2.45, 2.75) is 124 Å². The Balaban J connectivity index is 2.81. The van der Waals surface area contributed by atoms with Crippen LogP contribution in [0, 0.1) is 23.2 Å². The van der Waals surface area contributed by atoms with Crippen molar-refractivity contribution in [2.24, 2.45) is 23.2 Å². The third-order valence-corrected chi connectivity index (χ3v) is 7.19. The molecule has 5 N–H and O–H groups in total. The SMILES string of the molecule is CO[C@@H]1O[C@H](CNC(=O)CC[C@H](CC(=O)[C@@H](NC(=O)CCCC(C)C)C(C)C)C(=O)C(C)(C)C)[C@@H](O)[C@H](O)[C@H]1O. The number of hydrogen-bond acceptors (Lipinski definition) is 9. The fourth-order valence-electron chi connectivity index (χ4n) is 4.73. The van der Waals surface area contributed by atoms with Crippen LogP contribution in [0.5, 0.6) is 0 Å². The molecule has 1 fully saturated rings. The van der Waals surface area contributed by atoms with Gasteiger partial charge in [0.05, 0.1) is 6.04 Å². The number of rotatable bonds is 16. The van der Waals surface area contributed by atoms with E-state index in [1.165, 1.54) is 7.11 Å². The van der Waals surface area contributed by atoms with E-state index in [-0.39, 0.29) is 49.2 Å². The van der Waals surface area contributed by atoms with Gasteiger partial charge in [-0.2, -0.15) is 0 Å². The van der Waals surface area contributed by atoms with Crippen LogP contribution >= 0.6 is 0 Å². The second kappa shape index (κ2) is 16.5. The quantitative estimate of drug-likeness (QED) is 0.184. The summed E-state index contributed by atoms with van der Waals surface area (Å²) in [4.78, 5) is 51.7. The summed E-state index contributed by atoms with van der Waals surface area (Å²) in [5.74, 6) is -1.41.